The van der Waals surface area contributed by atoms with Crippen molar-refractivity contribution in [2.75, 3.05) is 12.4 Å². The number of benzene rings is 2. The van der Waals surface area contributed by atoms with E-state index in [1.165, 1.54) is 7.11 Å². The van der Waals surface area contributed by atoms with Gasteiger partial charge in [-0.1, -0.05) is 24.3 Å². The van der Waals surface area contributed by atoms with E-state index in [0.29, 0.717) is 24.1 Å². The van der Waals surface area contributed by atoms with E-state index in [0.717, 1.165) is 16.5 Å². The number of hydrogen-bond acceptors (Lipinski definition) is 3. The molecule has 0 saturated carbocycles. The van der Waals surface area contributed by atoms with Gasteiger partial charge in [-0.15, -0.1) is 0 Å². The van der Waals surface area contributed by atoms with Crippen molar-refractivity contribution in [3.63, 3.8) is 0 Å². The number of rotatable bonds is 5. The van der Waals surface area contributed by atoms with Crippen LogP contribution in [0.1, 0.15) is 22.3 Å². The Balaban J connectivity index is 1.63. The molecule has 0 fully saturated rings. The van der Waals surface area contributed by atoms with Gasteiger partial charge in [-0.3, -0.25) is 4.79 Å². The molecule has 5 nitrogen and oxygen atoms in total. The molecule has 5 heteroatoms. The number of aryl methyl sites for hydroxylation is 1. The maximum Gasteiger partial charge on any atom is 0.337 e. The molecule has 0 bridgehead atoms. The third kappa shape index (κ3) is 3.46. The lowest BCUT2D eigenvalue weighted by molar-refractivity contribution is -0.116. The summed E-state index contributed by atoms with van der Waals surface area (Å²) in [4.78, 5) is 26.9. The largest absolute Gasteiger partial charge is 0.465 e. The molecule has 0 aliphatic rings. The molecule has 1 aromatic heterocycles. The average Bonchev–Trinajstić information content (AvgIpc) is 3.03. The summed E-state index contributed by atoms with van der Waals surface area (Å²) in [6, 6.07) is 14.7. The number of H-pyrrole nitrogens is 1. The van der Waals surface area contributed by atoms with Crippen LogP contribution in [0.15, 0.2) is 54.7 Å². The predicted octanol–water partition coefficient (Wildman–Crippen LogP) is 3.53. The lowest BCUT2D eigenvalue weighted by Crippen LogP contribution is -2.13. The molecule has 2 aromatic carbocycles. The molecule has 122 valence electrons. The first kappa shape index (κ1) is 15.8. The topological polar surface area (TPSA) is 71.2 Å². The number of hydrogen-bond donors (Lipinski definition) is 2. The molecule has 2 N–H and O–H groups in total. The van der Waals surface area contributed by atoms with Crippen LogP contribution in [0.3, 0.4) is 0 Å². The number of carbonyl (C=O) groups excluding carboxylic acids is 2. The van der Waals surface area contributed by atoms with Crippen molar-refractivity contribution in [1.29, 1.82) is 0 Å². The number of aromatic nitrogens is 1. The molecule has 0 unspecified atom stereocenters. The molecule has 0 radical (unpaired) electrons. The zero-order chi connectivity index (χ0) is 16.9. The first-order chi connectivity index (χ1) is 11.7. The predicted molar refractivity (Wildman–Crippen MR) is 93.0 cm³/mol. The summed E-state index contributed by atoms with van der Waals surface area (Å²) in [6.07, 6.45) is 2.95. The van der Waals surface area contributed by atoms with Gasteiger partial charge in [0.1, 0.15) is 0 Å². The van der Waals surface area contributed by atoms with E-state index in [-0.39, 0.29) is 5.91 Å². The number of methoxy groups -OCH3 is 1. The third-order valence-electron chi connectivity index (χ3n) is 3.86. The highest BCUT2D eigenvalue weighted by Gasteiger charge is 2.09. The highest BCUT2D eigenvalue weighted by atomic mass is 16.5. The van der Waals surface area contributed by atoms with Crippen LogP contribution in [0, 0.1) is 0 Å². The van der Waals surface area contributed by atoms with E-state index in [2.05, 4.69) is 15.0 Å². The van der Waals surface area contributed by atoms with Crippen LogP contribution in [0.2, 0.25) is 0 Å². The summed E-state index contributed by atoms with van der Waals surface area (Å²) in [5, 5.41) is 3.95. The van der Waals surface area contributed by atoms with Gasteiger partial charge in [0, 0.05) is 29.2 Å². The van der Waals surface area contributed by atoms with Gasteiger partial charge in [0.25, 0.3) is 0 Å². The Morgan fingerprint density at radius 3 is 2.79 bits per heavy atom. The fourth-order valence-corrected chi connectivity index (χ4v) is 2.65. The minimum Gasteiger partial charge on any atom is -0.465 e. The van der Waals surface area contributed by atoms with E-state index < -0.39 is 5.97 Å². The highest BCUT2D eigenvalue weighted by Crippen LogP contribution is 2.19. The van der Waals surface area contributed by atoms with Crippen LogP contribution < -0.4 is 5.32 Å². The van der Waals surface area contributed by atoms with Gasteiger partial charge in [0.15, 0.2) is 0 Å². The van der Waals surface area contributed by atoms with Crippen molar-refractivity contribution < 1.29 is 14.3 Å². The Bertz CT molecular complexity index is 883. The van der Waals surface area contributed by atoms with Gasteiger partial charge < -0.3 is 15.0 Å². The lowest BCUT2D eigenvalue weighted by atomic mass is 10.1. The monoisotopic (exact) mass is 322 g/mol. The van der Waals surface area contributed by atoms with Gasteiger partial charge >= 0.3 is 5.97 Å². The summed E-state index contributed by atoms with van der Waals surface area (Å²) < 4.78 is 4.68. The summed E-state index contributed by atoms with van der Waals surface area (Å²) >= 11 is 0. The highest BCUT2D eigenvalue weighted by molar-refractivity contribution is 5.94. The van der Waals surface area contributed by atoms with Gasteiger partial charge in [-0.05, 0) is 36.2 Å². The molecule has 0 aliphatic heterocycles. The summed E-state index contributed by atoms with van der Waals surface area (Å²) in [5.41, 5.74) is 3.18. The molecule has 1 heterocycles. The molecule has 0 aliphatic carbocycles. The fourth-order valence-electron chi connectivity index (χ4n) is 2.65. The summed E-state index contributed by atoms with van der Waals surface area (Å²) in [7, 11) is 1.33. The molecule has 24 heavy (non-hydrogen) atoms. The Morgan fingerprint density at radius 1 is 1.12 bits per heavy atom. The van der Waals surface area contributed by atoms with Crippen molar-refractivity contribution in [2.24, 2.45) is 0 Å². The Labute approximate surface area is 139 Å². The molecule has 1 amide bonds. The Kier molecular flexibility index (Phi) is 4.61. The van der Waals surface area contributed by atoms with Crippen LogP contribution in [-0.4, -0.2) is 24.0 Å². The van der Waals surface area contributed by atoms with Crippen molar-refractivity contribution in [3.8, 4) is 0 Å². The van der Waals surface area contributed by atoms with Gasteiger partial charge in [-0.2, -0.15) is 0 Å². The second-order valence-electron chi connectivity index (χ2n) is 5.48. The van der Waals surface area contributed by atoms with Gasteiger partial charge in [0.2, 0.25) is 5.91 Å². The van der Waals surface area contributed by atoms with Gasteiger partial charge in [0.05, 0.1) is 12.7 Å². The quantitative estimate of drug-likeness (QED) is 0.706. The maximum atomic E-state index is 12.2. The second kappa shape index (κ2) is 7.00. The fraction of sp³-hybridized carbons (Fsp3) is 0.158. The SMILES string of the molecule is COC(=O)c1cccc(NC(=O)CCc2c[nH]c3ccccc23)c1. The minimum absolute atomic E-state index is 0.0951. The number of aromatic amines is 1. The Morgan fingerprint density at radius 2 is 1.96 bits per heavy atom. The summed E-state index contributed by atoms with van der Waals surface area (Å²) in [6.45, 7) is 0. The van der Waals surface area contributed by atoms with Crippen molar-refractivity contribution in [3.05, 3.63) is 65.9 Å². The summed E-state index contributed by atoms with van der Waals surface area (Å²) in [5.74, 6) is -0.521. The number of anilines is 1. The van der Waals surface area contributed by atoms with Crippen molar-refractivity contribution >= 4 is 28.5 Å². The molecular formula is C19H18N2O3. The van der Waals surface area contributed by atoms with Gasteiger partial charge in [-0.25, -0.2) is 4.79 Å². The standard InChI is InChI=1S/C19H18N2O3/c1-24-19(23)13-5-4-6-15(11-13)21-18(22)10-9-14-12-20-17-8-3-2-7-16(14)17/h2-8,11-12,20H,9-10H2,1H3,(H,21,22). The number of amides is 1. The second-order valence-corrected chi connectivity index (χ2v) is 5.48. The van der Waals surface area contributed by atoms with Crippen LogP contribution in [0.25, 0.3) is 10.9 Å². The van der Waals surface area contributed by atoms with Crippen LogP contribution >= 0.6 is 0 Å². The third-order valence-corrected chi connectivity index (χ3v) is 3.86. The number of nitrogens with one attached hydrogen (secondary N) is 2. The average molecular weight is 322 g/mol. The van der Waals surface area contributed by atoms with E-state index in [4.69, 9.17) is 0 Å². The molecule has 3 rings (SSSR count). The van der Waals surface area contributed by atoms with Crippen LogP contribution in [-0.2, 0) is 16.0 Å². The Hall–Kier alpha value is -3.08. The first-order valence-electron chi connectivity index (χ1n) is 7.70. The van der Waals surface area contributed by atoms with Crippen LogP contribution in [0.5, 0.6) is 0 Å². The lowest BCUT2D eigenvalue weighted by Gasteiger charge is -2.06. The van der Waals surface area contributed by atoms with Crippen molar-refractivity contribution in [2.45, 2.75) is 12.8 Å². The van der Waals surface area contributed by atoms with E-state index in [1.807, 2.05) is 30.5 Å². The number of para-hydroxylation sites is 1. The van der Waals surface area contributed by atoms with E-state index >= 15 is 0 Å². The zero-order valence-electron chi connectivity index (χ0n) is 13.3. The number of fused-ring (bicyclic) bond motifs is 1. The maximum absolute atomic E-state index is 12.2. The molecule has 0 atom stereocenters. The number of esters is 1. The molecule has 3 aromatic rings. The molecule has 0 saturated heterocycles. The van der Waals surface area contributed by atoms with Crippen molar-refractivity contribution in [1.82, 2.24) is 4.98 Å². The first-order valence-corrected chi connectivity index (χ1v) is 7.70. The smallest absolute Gasteiger partial charge is 0.337 e. The number of ether oxygens (including phenoxy) is 1. The number of carbonyl (C=O) groups is 2. The normalized spacial score (nSPS) is 10.5. The van der Waals surface area contributed by atoms with E-state index in [1.54, 1.807) is 24.3 Å². The molecule has 0 spiro atoms. The zero-order valence-corrected chi connectivity index (χ0v) is 13.3. The minimum atomic E-state index is -0.426. The van der Waals surface area contributed by atoms with E-state index in [9.17, 15) is 9.59 Å². The molecular weight excluding hydrogens is 304 g/mol. The van der Waals surface area contributed by atoms with Crippen LogP contribution in [0.4, 0.5) is 5.69 Å².